The molecule has 0 aromatic heterocycles. The van der Waals surface area contributed by atoms with Crippen LogP contribution in [0.25, 0.3) is 0 Å². The molecule has 1 aromatic carbocycles. The first-order valence-corrected chi connectivity index (χ1v) is 8.25. The number of hydrogen-bond acceptors (Lipinski definition) is 4. The summed E-state index contributed by atoms with van der Waals surface area (Å²) < 4.78 is 5.67. The third-order valence-corrected chi connectivity index (χ3v) is 4.87. The van der Waals surface area contributed by atoms with Crippen molar-refractivity contribution in [1.82, 2.24) is 9.80 Å². The van der Waals surface area contributed by atoms with Crippen LogP contribution in [0.3, 0.4) is 0 Å². The van der Waals surface area contributed by atoms with E-state index in [2.05, 4.69) is 0 Å². The summed E-state index contributed by atoms with van der Waals surface area (Å²) in [4.78, 5) is 27.8. The minimum Gasteiger partial charge on any atom is -0.479 e. The Hall–Kier alpha value is -2.05. The molecule has 24 heavy (non-hydrogen) atoms. The molecule has 0 saturated carbocycles. The van der Waals surface area contributed by atoms with E-state index < -0.39 is 29.7 Å². The molecule has 3 rings (SSSR count). The Bertz CT molecular complexity index is 690. The van der Waals surface area contributed by atoms with Crippen LogP contribution < -0.4 is 0 Å². The normalized spacial score (nSPS) is 29.5. The van der Waals surface area contributed by atoms with E-state index in [1.54, 1.807) is 44.2 Å². The molecule has 2 aliphatic rings. The monoisotopic (exact) mass is 350 g/mol. The summed E-state index contributed by atoms with van der Waals surface area (Å²) in [7, 11) is 0. The molecule has 6 nitrogen and oxygen atoms in total. The van der Waals surface area contributed by atoms with Crippen molar-refractivity contribution >= 4 is 23.5 Å². The van der Waals surface area contributed by atoms with Crippen molar-refractivity contribution < 1.29 is 19.4 Å². The molecule has 1 unspecified atom stereocenters. The van der Waals surface area contributed by atoms with E-state index in [1.807, 2.05) is 0 Å². The molecule has 3 amide bonds. The molecular weight excluding hydrogens is 332 g/mol. The summed E-state index contributed by atoms with van der Waals surface area (Å²) in [5, 5.41) is 11.4. The molecule has 1 saturated heterocycles. The van der Waals surface area contributed by atoms with Gasteiger partial charge < -0.3 is 9.84 Å². The van der Waals surface area contributed by atoms with E-state index >= 15 is 0 Å². The molecule has 0 radical (unpaired) electrons. The Kier molecular flexibility index (Phi) is 4.27. The Labute approximate surface area is 145 Å². The Morgan fingerprint density at radius 3 is 2.46 bits per heavy atom. The number of aliphatic hydroxyl groups is 1. The van der Waals surface area contributed by atoms with Gasteiger partial charge in [0.2, 0.25) is 5.60 Å². The fraction of sp³-hybridized carbons (Fsp3) is 0.412. The fourth-order valence-electron chi connectivity index (χ4n) is 3.37. The van der Waals surface area contributed by atoms with Gasteiger partial charge in [0.1, 0.15) is 0 Å². The standard InChI is InChI=1S/C17H19ClN2O4/c1-3-19-14(21)17(15(22)20(4-2)16(19)23)13(9-10-24-17)11-5-7-12(18)8-6-11/h5-10,13-14,21H,3-4H2,1-2H3/t13?,14-,17+/m0/s1. The van der Waals surface area contributed by atoms with Gasteiger partial charge in [-0.1, -0.05) is 23.7 Å². The van der Waals surface area contributed by atoms with E-state index in [1.165, 1.54) is 11.2 Å². The summed E-state index contributed by atoms with van der Waals surface area (Å²) >= 11 is 5.94. The zero-order chi connectivity index (χ0) is 17.5. The largest absolute Gasteiger partial charge is 0.479 e. The zero-order valence-electron chi connectivity index (χ0n) is 13.5. The average Bonchev–Trinajstić information content (AvgIpc) is 3.01. The van der Waals surface area contributed by atoms with Gasteiger partial charge in [-0.15, -0.1) is 0 Å². The van der Waals surface area contributed by atoms with Gasteiger partial charge in [-0.3, -0.25) is 14.6 Å². The van der Waals surface area contributed by atoms with Crippen molar-refractivity contribution in [2.75, 3.05) is 13.1 Å². The molecule has 3 atom stereocenters. The number of ether oxygens (including phenoxy) is 1. The minimum atomic E-state index is -1.58. The van der Waals surface area contributed by atoms with Crippen molar-refractivity contribution in [2.45, 2.75) is 31.6 Å². The summed E-state index contributed by atoms with van der Waals surface area (Å²) in [5.74, 6) is -1.05. The summed E-state index contributed by atoms with van der Waals surface area (Å²) in [6.45, 7) is 3.94. The number of rotatable bonds is 3. The third-order valence-electron chi connectivity index (χ3n) is 4.62. The van der Waals surface area contributed by atoms with Crippen LogP contribution >= 0.6 is 11.6 Å². The second-order valence-corrected chi connectivity index (χ2v) is 6.20. The number of nitrogens with zero attached hydrogens (tertiary/aromatic N) is 2. The number of likely N-dealkylation sites (N-methyl/N-ethyl adjacent to an activating group) is 2. The highest BCUT2D eigenvalue weighted by Gasteiger charge is 2.63. The number of urea groups is 1. The smallest absolute Gasteiger partial charge is 0.328 e. The van der Waals surface area contributed by atoms with Crippen molar-refractivity contribution in [3.63, 3.8) is 0 Å². The lowest BCUT2D eigenvalue weighted by molar-refractivity contribution is -0.188. The molecule has 1 spiro atoms. The van der Waals surface area contributed by atoms with Crippen LogP contribution in [0.5, 0.6) is 0 Å². The van der Waals surface area contributed by atoms with Gasteiger partial charge in [-0.2, -0.15) is 0 Å². The molecule has 1 N–H and O–H groups in total. The number of benzene rings is 1. The molecule has 2 aliphatic heterocycles. The molecule has 1 fully saturated rings. The number of hydrogen-bond donors (Lipinski definition) is 1. The van der Waals surface area contributed by atoms with Crippen molar-refractivity contribution in [1.29, 1.82) is 0 Å². The summed E-state index contributed by atoms with van der Waals surface area (Å²) in [6.07, 6.45) is 1.76. The first-order chi connectivity index (χ1) is 11.5. The van der Waals surface area contributed by atoms with Crippen molar-refractivity contribution in [2.24, 2.45) is 0 Å². The number of amides is 3. The van der Waals surface area contributed by atoms with Gasteiger partial charge in [0.25, 0.3) is 5.91 Å². The molecule has 7 heteroatoms. The molecule has 1 aromatic rings. The van der Waals surface area contributed by atoms with Crippen LogP contribution in [0.4, 0.5) is 4.79 Å². The maximum Gasteiger partial charge on any atom is 0.328 e. The first-order valence-electron chi connectivity index (χ1n) is 7.88. The Morgan fingerprint density at radius 2 is 1.88 bits per heavy atom. The highest BCUT2D eigenvalue weighted by atomic mass is 35.5. The topological polar surface area (TPSA) is 70.1 Å². The molecule has 0 bridgehead atoms. The molecule has 128 valence electrons. The van der Waals surface area contributed by atoms with Gasteiger partial charge in [-0.05, 0) is 37.6 Å². The van der Waals surface area contributed by atoms with Crippen LogP contribution in [0.1, 0.15) is 25.3 Å². The van der Waals surface area contributed by atoms with Crippen LogP contribution in [0.15, 0.2) is 36.6 Å². The lowest BCUT2D eigenvalue weighted by Gasteiger charge is -2.48. The Balaban J connectivity index is 2.09. The predicted molar refractivity (Wildman–Crippen MR) is 88.3 cm³/mol. The first kappa shape index (κ1) is 16.8. The highest BCUT2D eigenvalue weighted by Crippen LogP contribution is 2.45. The summed E-state index contributed by atoms with van der Waals surface area (Å²) in [6, 6.07) is 6.51. The number of imide groups is 1. The fourth-order valence-corrected chi connectivity index (χ4v) is 3.49. The lowest BCUT2D eigenvalue weighted by atomic mass is 9.79. The Morgan fingerprint density at radius 1 is 1.21 bits per heavy atom. The minimum absolute atomic E-state index is 0.208. The van der Waals surface area contributed by atoms with Crippen LogP contribution in [-0.2, 0) is 9.53 Å². The van der Waals surface area contributed by atoms with E-state index in [9.17, 15) is 14.7 Å². The van der Waals surface area contributed by atoms with Crippen LogP contribution in [-0.4, -0.2) is 51.8 Å². The van der Waals surface area contributed by atoms with Gasteiger partial charge in [0, 0.05) is 18.1 Å². The van der Waals surface area contributed by atoms with Gasteiger partial charge in [0.15, 0.2) is 6.23 Å². The van der Waals surface area contributed by atoms with E-state index in [0.29, 0.717) is 5.02 Å². The van der Waals surface area contributed by atoms with Crippen LogP contribution in [0, 0.1) is 0 Å². The van der Waals surface area contributed by atoms with Crippen molar-refractivity contribution in [3.8, 4) is 0 Å². The quantitative estimate of drug-likeness (QED) is 0.908. The van der Waals surface area contributed by atoms with E-state index in [4.69, 9.17) is 16.3 Å². The average molecular weight is 351 g/mol. The second-order valence-electron chi connectivity index (χ2n) is 5.76. The third kappa shape index (κ3) is 2.21. The maximum absolute atomic E-state index is 13.0. The highest BCUT2D eigenvalue weighted by molar-refractivity contribution is 6.30. The van der Waals surface area contributed by atoms with Gasteiger partial charge >= 0.3 is 6.03 Å². The predicted octanol–water partition coefficient (Wildman–Crippen LogP) is 2.33. The van der Waals surface area contributed by atoms with E-state index in [-0.39, 0.29) is 13.1 Å². The number of aliphatic hydroxyl groups excluding tert-OH is 1. The SMILES string of the molecule is CCN1C(=O)N(CC)[C@@H](O)[C@@]2(OC=CC2c2ccc(Cl)cc2)C1=O. The zero-order valence-corrected chi connectivity index (χ0v) is 14.2. The molecular formula is C17H19ClN2O4. The van der Waals surface area contributed by atoms with E-state index in [0.717, 1.165) is 10.5 Å². The van der Waals surface area contributed by atoms with Crippen LogP contribution in [0.2, 0.25) is 5.02 Å². The van der Waals surface area contributed by atoms with Crippen molar-refractivity contribution in [3.05, 3.63) is 47.2 Å². The molecule has 0 aliphatic carbocycles. The van der Waals surface area contributed by atoms with Gasteiger partial charge in [-0.25, -0.2) is 4.79 Å². The second kappa shape index (κ2) is 6.11. The number of halogens is 1. The number of carbonyl (C=O) groups excluding carboxylic acids is 2. The lowest BCUT2D eigenvalue weighted by Crippen LogP contribution is -2.72. The maximum atomic E-state index is 13.0. The summed E-state index contributed by atoms with van der Waals surface area (Å²) in [5.41, 5.74) is -0.796. The van der Waals surface area contributed by atoms with Gasteiger partial charge in [0.05, 0.1) is 12.2 Å². The molecule has 2 heterocycles. The number of carbonyl (C=O) groups is 2.